The fourth-order valence-corrected chi connectivity index (χ4v) is 3.88. The molecule has 4 nitrogen and oxygen atoms in total. The lowest BCUT2D eigenvalue weighted by atomic mass is 9.91. The average molecular weight is 325 g/mol. The van der Waals surface area contributed by atoms with Gasteiger partial charge in [-0.25, -0.2) is 9.78 Å². The molecule has 0 amide bonds. The van der Waals surface area contributed by atoms with Gasteiger partial charge in [-0.05, 0) is 56.2 Å². The van der Waals surface area contributed by atoms with Crippen LogP contribution in [0.3, 0.4) is 0 Å². The van der Waals surface area contributed by atoms with E-state index in [1.807, 2.05) is 42.5 Å². The van der Waals surface area contributed by atoms with Crippen LogP contribution in [0.2, 0.25) is 0 Å². The second kappa shape index (κ2) is 6.11. The van der Waals surface area contributed by atoms with Gasteiger partial charge >= 0.3 is 0 Å². The zero-order chi connectivity index (χ0) is 16.6. The highest BCUT2D eigenvalue weighted by Gasteiger charge is 2.55. The highest BCUT2D eigenvalue weighted by Crippen LogP contribution is 2.47. The maximum Gasteiger partial charge on any atom is 0.178 e. The van der Waals surface area contributed by atoms with Crippen LogP contribution >= 0.6 is 0 Å². The van der Waals surface area contributed by atoms with Crippen LogP contribution < -0.4 is 9.64 Å². The van der Waals surface area contributed by atoms with Crippen molar-refractivity contribution in [3.8, 4) is 11.5 Å². The molecule has 2 aromatic carbocycles. The molecule has 0 radical (unpaired) electrons. The Hall–Kier alpha value is -2.04. The van der Waals surface area contributed by atoms with E-state index < -0.39 is 0 Å². The molecule has 0 saturated carbocycles. The summed E-state index contributed by atoms with van der Waals surface area (Å²) < 4.78 is 5.87. The van der Waals surface area contributed by atoms with Crippen LogP contribution in [0.1, 0.15) is 26.7 Å². The first-order valence-corrected chi connectivity index (χ1v) is 8.66. The fraction of sp³-hybridized carbons (Fsp3) is 0.400. The molecule has 1 unspecified atom stereocenters. The monoisotopic (exact) mass is 325 g/mol. The smallest absolute Gasteiger partial charge is 0.178 e. The largest absolute Gasteiger partial charge is 0.457 e. The Balaban J connectivity index is 1.51. The number of fused-ring (bicyclic) bond motifs is 1. The van der Waals surface area contributed by atoms with Gasteiger partial charge in [0.05, 0.1) is 0 Å². The number of para-hydroxylation sites is 1. The Morgan fingerprint density at radius 1 is 1.08 bits per heavy atom. The summed E-state index contributed by atoms with van der Waals surface area (Å²) in [6, 6.07) is 18.0. The van der Waals surface area contributed by atoms with Gasteiger partial charge in [0, 0.05) is 18.2 Å². The molecule has 0 spiro atoms. The SMILES string of the molecule is CC[C@@H]1OOC2(C)[C@H]1CCN2c1ccc(Oc2ccccc2)cc1. The molecule has 0 N–H and O–H groups in total. The lowest BCUT2D eigenvalue weighted by Crippen LogP contribution is -2.45. The van der Waals surface area contributed by atoms with Crippen LogP contribution in [0, 0.1) is 5.92 Å². The van der Waals surface area contributed by atoms with Crippen molar-refractivity contribution in [3.05, 3.63) is 54.6 Å². The Morgan fingerprint density at radius 2 is 1.79 bits per heavy atom. The Bertz CT molecular complexity index is 688. The second-order valence-corrected chi connectivity index (χ2v) is 6.64. The van der Waals surface area contributed by atoms with Crippen molar-refractivity contribution in [3.63, 3.8) is 0 Å². The molecule has 0 aliphatic carbocycles. The summed E-state index contributed by atoms with van der Waals surface area (Å²) in [4.78, 5) is 13.6. The van der Waals surface area contributed by atoms with Crippen LogP contribution in [0.4, 0.5) is 5.69 Å². The van der Waals surface area contributed by atoms with Gasteiger partial charge in [-0.15, -0.1) is 0 Å². The molecule has 3 atom stereocenters. The molecular formula is C20H23NO3. The van der Waals surface area contributed by atoms with Gasteiger partial charge in [0.1, 0.15) is 17.6 Å². The van der Waals surface area contributed by atoms with Crippen molar-refractivity contribution in [2.24, 2.45) is 5.92 Å². The molecular weight excluding hydrogens is 302 g/mol. The van der Waals surface area contributed by atoms with Gasteiger partial charge in [0.2, 0.25) is 0 Å². The Labute approximate surface area is 142 Å². The molecule has 126 valence electrons. The molecule has 2 aromatic rings. The molecule has 4 rings (SSSR count). The van der Waals surface area contributed by atoms with E-state index in [-0.39, 0.29) is 11.8 Å². The van der Waals surface area contributed by atoms with Crippen molar-refractivity contribution in [2.45, 2.75) is 38.5 Å². The highest BCUT2D eigenvalue weighted by atomic mass is 17.2. The van der Waals surface area contributed by atoms with E-state index in [0.29, 0.717) is 5.92 Å². The predicted molar refractivity (Wildman–Crippen MR) is 93.1 cm³/mol. The first-order valence-electron chi connectivity index (χ1n) is 8.66. The first kappa shape index (κ1) is 15.5. The third kappa shape index (κ3) is 2.56. The van der Waals surface area contributed by atoms with E-state index in [1.54, 1.807) is 0 Å². The van der Waals surface area contributed by atoms with E-state index in [9.17, 15) is 0 Å². The maximum atomic E-state index is 5.87. The Morgan fingerprint density at radius 3 is 2.50 bits per heavy atom. The van der Waals surface area contributed by atoms with Crippen molar-refractivity contribution < 1.29 is 14.5 Å². The topological polar surface area (TPSA) is 30.9 Å². The van der Waals surface area contributed by atoms with Gasteiger partial charge in [-0.3, -0.25) is 0 Å². The van der Waals surface area contributed by atoms with Crippen LogP contribution in [-0.2, 0) is 9.78 Å². The van der Waals surface area contributed by atoms with E-state index in [1.165, 1.54) is 0 Å². The van der Waals surface area contributed by atoms with Gasteiger partial charge in [0.15, 0.2) is 5.72 Å². The average Bonchev–Trinajstić information content (AvgIpc) is 3.11. The lowest BCUT2D eigenvalue weighted by Gasteiger charge is -2.33. The number of anilines is 1. The van der Waals surface area contributed by atoms with Crippen LogP contribution in [0.15, 0.2) is 54.6 Å². The molecule has 2 aliphatic rings. The minimum Gasteiger partial charge on any atom is -0.457 e. The zero-order valence-electron chi connectivity index (χ0n) is 14.1. The van der Waals surface area contributed by atoms with Gasteiger partial charge in [0.25, 0.3) is 0 Å². The summed E-state index contributed by atoms with van der Waals surface area (Å²) in [5.41, 5.74) is 0.767. The number of ether oxygens (including phenoxy) is 1. The number of rotatable bonds is 4. The van der Waals surface area contributed by atoms with Crippen molar-refractivity contribution in [1.82, 2.24) is 0 Å². The van der Waals surface area contributed by atoms with E-state index >= 15 is 0 Å². The minimum absolute atomic E-state index is 0.195. The summed E-state index contributed by atoms with van der Waals surface area (Å²) in [5, 5.41) is 0. The molecule has 0 aromatic heterocycles. The summed E-state index contributed by atoms with van der Waals surface area (Å²) in [6.07, 6.45) is 2.27. The molecule has 2 fully saturated rings. The number of hydrogen-bond acceptors (Lipinski definition) is 4. The van der Waals surface area contributed by atoms with E-state index in [2.05, 4.69) is 30.9 Å². The molecule has 2 heterocycles. The quantitative estimate of drug-likeness (QED) is 0.758. The van der Waals surface area contributed by atoms with Crippen molar-refractivity contribution >= 4 is 5.69 Å². The second-order valence-electron chi connectivity index (χ2n) is 6.64. The summed E-state index contributed by atoms with van der Waals surface area (Å²) >= 11 is 0. The van der Waals surface area contributed by atoms with Gasteiger partial charge < -0.3 is 9.64 Å². The van der Waals surface area contributed by atoms with Crippen LogP contribution in [-0.4, -0.2) is 18.4 Å². The number of nitrogens with zero attached hydrogens (tertiary/aromatic N) is 1. The standard InChI is InChI=1S/C20H23NO3/c1-3-19-18-13-14-21(20(18,2)24-23-19)15-9-11-17(12-10-15)22-16-7-5-4-6-8-16/h4-12,18-19H,3,13-14H2,1-2H3/t18-,19-,20?/m0/s1. The highest BCUT2D eigenvalue weighted by molar-refractivity contribution is 5.52. The van der Waals surface area contributed by atoms with Gasteiger partial charge in [-0.1, -0.05) is 25.1 Å². The molecule has 2 saturated heterocycles. The summed E-state index contributed by atoms with van der Waals surface area (Å²) in [7, 11) is 0. The summed E-state index contributed by atoms with van der Waals surface area (Å²) in [6.45, 7) is 5.27. The zero-order valence-corrected chi connectivity index (χ0v) is 14.1. The predicted octanol–water partition coefficient (Wildman–Crippen LogP) is 4.76. The number of benzene rings is 2. The fourth-order valence-electron chi connectivity index (χ4n) is 3.88. The lowest BCUT2D eigenvalue weighted by molar-refractivity contribution is -0.321. The molecule has 24 heavy (non-hydrogen) atoms. The number of hydrogen-bond donors (Lipinski definition) is 0. The van der Waals surface area contributed by atoms with Crippen LogP contribution in [0.5, 0.6) is 11.5 Å². The first-order chi connectivity index (χ1) is 11.7. The van der Waals surface area contributed by atoms with Crippen LogP contribution in [0.25, 0.3) is 0 Å². The molecule has 4 heteroatoms. The molecule has 2 aliphatic heterocycles. The minimum atomic E-state index is -0.373. The third-order valence-electron chi connectivity index (χ3n) is 5.21. The normalized spacial score (nSPS) is 28.8. The van der Waals surface area contributed by atoms with E-state index in [4.69, 9.17) is 14.5 Å². The maximum absolute atomic E-state index is 5.87. The van der Waals surface area contributed by atoms with Crippen molar-refractivity contribution in [2.75, 3.05) is 11.4 Å². The van der Waals surface area contributed by atoms with E-state index in [0.717, 1.165) is 36.6 Å². The molecule has 0 bridgehead atoms. The Kier molecular flexibility index (Phi) is 3.94. The van der Waals surface area contributed by atoms with Crippen molar-refractivity contribution in [1.29, 1.82) is 0 Å². The third-order valence-corrected chi connectivity index (χ3v) is 5.21. The van der Waals surface area contributed by atoms with Gasteiger partial charge in [-0.2, -0.15) is 0 Å². The summed E-state index contributed by atoms with van der Waals surface area (Å²) in [5.74, 6) is 2.10.